The Morgan fingerprint density at radius 2 is 1.91 bits per heavy atom. The number of hydrogen-bond donors (Lipinski definition) is 1. The fourth-order valence-corrected chi connectivity index (χ4v) is 1.99. The van der Waals surface area contributed by atoms with Crippen LogP contribution in [0.4, 0.5) is 13.2 Å². The number of alkyl halides is 3. The third-order valence-electron chi connectivity index (χ3n) is 2.60. The second-order valence-corrected chi connectivity index (χ2v) is 4.96. The Balaban J connectivity index is 1.78. The highest BCUT2D eigenvalue weighted by molar-refractivity contribution is 6.99. The molecule has 9 heteroatoms. The number of amides is 1. The van der Waals surface area contributed by atoms with Crippen LogP contribution in [0.3, 0.4) is 0 Å². The van der Waals surface area contributed by atoms with E-state index in [0.29, 0.717) is 12.1 Å². The minimum absolute atomic E-state index is 0.114. The summed E-state index contributed by atoms with van der Waals surface area (Å²) in [4.78, 5) is 11.6. The molecule has 0 aliphatic carbocycles. The molecule has 0 aliphatic heterocycles. The number of nitrogens with one attached hydrogen (secondary N) is 1. The van der Waals surface area contributed by atoms with Crippen molar-refractivity contribution in [1.29, 1.82) is 0 Å². The lowest BCUT2D eigenvalue weighted by molar-refractivity contribution is -0.176. The average molecular weight is 331 g/mol. The van der Waals surface area contributed by atoms with Gasteiger partial charge in [-0.1, -0.05) is 24.3 Å². The molecule has 0 unspecified atom stereocenters. The lowest BCUT2D eigenvalue weighted by Gasteiger charge is -2.08. The average Bonchev–Trinajstić information content (AvgIpc) is 2.99. The summed E-state index contributed by atoms with van der Waals surface area (Å²) in [5.74, 6) is -0.327. The monoisotopic (exact) mass is 331 g/mol. The van der Waals surface area contributed by atoms with Gasteiger partial charge in [0.2, 0.25) is 0 Å². The Kier molecular flexibility index (Phi) is 5.45. The summed E-state index contributed by atoms with van der Waals surface area (Å²) >= 11 is 0.946. The summed E-state index contributed by atoms with van der Waals surface area (Å²) in [6.07, 6.45) is -2.95. The standard InChI is InChI=1S/C13H12F3N3O2S/c14-13(15,16)8-21-7-10-3-1-9(2-4-10)5-17-12(20)11-6-18-22-19-11/h1-4,6H,5,7-8H2,(H,17,20). The van der Waals surface area contributed by atoms with Crippen LogP contribution in [0, 0.1) is 0 Å². The Bertz CT molecular complexity index is 600. The van der Waals surface area contributed by atoms with Gasteiger partial charge in [-0.15, -0.1) is 0 Å². The highest BCUT2D eigenvalue weighted by atomic mass is 32.1. The summed E-state index contributed by atoms with van der Waals surface area (Å²) in [5.41, 5.74) is 1.70. The summed E-state index contributed by atoms with van der Waals surface area (Å²) in [6.45, 7) is -1.09. The number of benzene rings is 1. The molecule has 5 nitrogen and oxygen atoms in total. The molecule has 2 rings (SSSR count). The van der Waals surface area contributed by atoms with Gasteiger partial charge < -0.3 is 10.1 Å². The molecule has 1 aromatic carbocycles. The number of halogens is 3. The smallest absolute Gasteiger partial charge is 0.367 e. The number of rotatable bonds is 6. The first kappa shape index (κ1) is 16.4. The van der Waals surface area contributed by atoms with Crippen LogP contribution >= 0.6 is 11.7 Å². The third-order valence-corrected chi connectivity index (χ3v) is 3.08. The van der Waals surface area contributed by atoms with Gasteiger partial charge in [0.15, 0.2) is 5.69 Å². The normalized spacial score (nSPS) is 11.4. The fourth-order valence-electron chi connectivity index (χ4n) is 1.58. The lowest BCUT2D eigenvalue weighted by atomic mass is 10.1. The molecule has 0 bridgehead atoms. The van der Waals surface area contributed by atoms with Gasteiger partial charge in [-0.25, -0.2) is 0 Å². The van der Waals surface area contributed by atoms with Crippen molar-refractivity contribution in [2.45, 2.75) is 19.3 Å². The third kappa shape index (κ3) is 5.41. The Morgan fingerprint density at radius 1 is 1.23 bits per heavy atom. The van der Waals surface area contributed by atoms with E-state index in [1.807, 2.05) is 0 Å². The molecule has 0 aliphatic rings. The summed E-state index contributed by atoms with van der Waals surface area (Å²) in [6, 6.07) is 6.74. The predicted molar refractivity (Wildman–Crippen MR) is 73.2 cm³/mol. The first-order valence-electron chi connectivity index (χ1n) is 6.22. The highest BCUT2D eigenvalue weighted by Gasteiger charge is 2.27. The van der Waals surface area contributed by atoms with Crippen LogP contribution in [0.25, 0.3) is 0 Å². The minimum atomic E-state index is -4.32. The van der Waals surface area contributed by atoms with Gasteiger partial charge in [0.1, 0.15) is 6.61 Å². The zero-order valence-electron chi connectivity index (χ0n) is 11.3. The van der Waals surface area contributed by atoms with E-state index in [4.69, 9.17) is 0 Å². The number of carbonyl (C=O) groups is 1. The molecule has 1 amide bonds. The van der Waals surface area contributed by atoms with Crippen molar-refractivity contribution in [3.05, 3.63) is 47.3 Å². The largest absolute Gasteiger partial charge is 0.411 e. The maximum Gasteiger partial charge on any atom is 0.411 e. The van der Waals surface area contributed by atoms with Crippen LogP contribution in [0.5, 0.6) is 0 Å². The van der Waals surface area contributed by atoms with E-state index in [9.17, 15) is 18.0 Å². The summed E-state index contributed by atoms with van der Waals surface area (Å²) in [7, 11) is 0. The quantitative estimate of drug-likeness (QED) is 0.883. The molecule has 0 spiro atoms. The van der Waals surface area contributed by atoms with Crippen molar-refractivity contribution in [3.63, 3.8) is 0 Å². The van der Waals surface area contributed by atoms with Crippen molar-refractivity contribution in [2.24, 2.45) is 0 Å². The zero-order valence-corrected chi connectivity index (χ0v) is 12.1. The molecule has 2 aromatic rings. The van der Waals surface area contributed by atoms with E-state index in [0.717, 1.165) is 17.3 Å². The van der Waals surface area contributed by atoms with E-state index in [1.54, 1.807) is 24.3 Å². The van der Waals surface area contributed by atoms with Gasteiger partial charge in [0.25, 0.3) is 5.91 Å². The second-order valence-electron chi connectivity index (χ2n) is 4.40. The lowest BCUT2D eigenvalue weighted by Crippen LogP contribution is -2.23. The van der Waals surface area contributed by atoms with Crippen molar-refractivity contribution in [2.75, 3.05) is 6.61 Å². The Labute approximate surface area is 128 Å². The topological polar surface area (TPSA) is 64.1 Å². The molecule has 1 N–H and O–H groups in total. The SMILES string of the molecule is O=C(NCc1ccc(COCC(F)(F)F)cc1)c1cnsn1. The molecule has 118 valence electrons. The molecule has 1 heterocycles. The predicted octanol–water partition coefficient (Wildman–Crippen LogP) is 2.55. The number of ether oxygens (including phenoxy) is 1. The van der Waals surface area contributed by atoms with Crippen LogP contribution in [-0.4, -0.2) is 27.4 Å². The molecule has 0 radical (unpaired) electrons. The van der Waals surface area contributed by atoms with E-state index >= 15 is 0 Å². The van der Waals surface area contributed by atoms with Crippen LogP contribution in [0.2, 0.25) is 0 Å². The highest BCUT2D eigenvalue weighted by Crippen LogP contribution is 2.15. The van der Waals surface area contributed by atoms with Crippen LogP contribution in [0.15, 0.2) is 30.5 Å². The van der Waals surface area contributed by atoms with Crippen LogP contribution < -0.4 is 5.32 Å². The fraction of sp³-hybridized carbons (Fsp3) is 0.308. The molecular weight excluding hydrogens is 319 g/mol. The number of carbonyl (C=O) groups excluding carboxylic acids is 1. The molecule has 0 fully saturated rings. The molecule has 0 saturated heterocycles. The van der Waals surface area contributed by atoms with E-state index in [2.05, 4.69) is 18.8 Å². The first-order chi connectivity index (χ1) is 10.4. The van der Waals surface area contributed by atoms with Crippen molar-refractivity contribution < 1.29 is 22.7 Å². The molecule has 1 aromatic heterocycles. The number of hydrogen-bond acceptors (Lipinski definition) is 5. The van der Waals surface area contributed by atoms with Gasteiger partial charge >= 0.3 is 6.18 Å². The second kappa shape index (κ2) is 7.32. The van der Waals surface area contributed by atoms with Gasteiger partial charge in [-0.3, -0.25) is 4.79 Å². The van der Waals surface area contributed by atoms with Crippen LogP contribution in [0.1, 0.15) is 21.6 Å². The summed E-state index contributed by atoms with van der Waals surface area (Å²) < 4.78 is 47.9. The first-order valence-corrected chi connectivity index (χ1v) is 6.95. The van der Waals surface area contributed by atoms with Gasteiger partial charge in [-0.2, -0.15) is 21.9 Å². The van der Waals surface area contributed by atoms with E-state index in [-0.39, 0.29) is 18.2 Å². The maximum absolute atomic E-state index is 11.9. The van der Waals surface area contributed by atoms with Crippen molar-refractivity contribution in [3.8, 4) is 0 Å². The molecular formula is C13H12F3N3O2S. The van der Waals surface area contributed by atoms with Gasteiger partial charge in [-0.05, 0) is 11.1 Å². The zero-order chi connectivity index (χ0) is 16.0. The maximum atomic E-state index is 11.9. The molecule has 0 atom stereocenters. The Morgan fingerprint density at radius 3 is 2.50 bits per heavy atom. The molecule has 0 saturated carbocycles. The molecule has 22 heavy (non-hydrogen) atoms. The van der Waals surface area contributed by atoms with Gasteiger partial charge in [0.05, 0.1) is 24.5 Å². The van der Waals surface area contributed by atoms with Gasteiger partial charge in [0, 0.05) is 6.54 Å². The van der Waals surface area contributed by atoms with Crippen molar-refractivity contribution in [1.82, 2.24) is 14.1 Å². The number of nitrogens with zero attached hydrogens (tertiary/aromatic N) is 2. The van der Waals surface area contributed by atoms with Crippen LogP contribution in [-0.2, 0) is 17.9 Å². The van der Waals surface area contributed by atoms with Crippen molar-refractivity contribution >= 4 is 17.6 Å². The minimum Gasteiger partial charge on any atom is -0.367 e. The number of aromatic nitrogens is 2. The summed E-state index contributed by atoms with van der Waals surface area (Å²) in [5, 5.41) is 2.67. The Hall–Kier alpha value is -2.00. The van der Waals surface area contributed by atoms with E-state index < -0.39 is 12.8 Å². The van der Waals surface area contributed by atoms with E-state index in [1.165, 1.54) is 6.20 Å².